The molecule has 122 valence electrons. The Bertz CT molecular complexity index is 517. The van der Waals surface area contributed by atoms with Crippen LogP contribution in [0.4, 0.5) is 10.5 Å². The lowest BCUT2D eigenvalue weighted by Gasteiger charge is -2.32. The maximum absolute atomic E-state index is 12.2. The summed E-state index contributed by atoms with van der Waals surface area (Å²) in [5, 5.41) is 8.71. The van der Waals surface area contributed by atoms with Gasteiger partial charge in [-0.15, -0.1) is 12.4 Å². The van der Waals surface area contributed by atoms with Crippen molar-refractivity contribution < 1.29 is 9.59 Å². The Labute approximate surface area is 136 Å². The lowest BCUT2D eigenvalue weighted by atomic mass is 9.88. The van der Waals surface area contributed by atoms with Crippen molar-refractivity contribution in [3.05, 3.63) is 29.8 Å². The summed E-state index contributed by atoms with van der Waals surface area (Å²) in [6.45, 7) is 5.74. The fourth-order valence-electron chi connectivity index (χ4n) is 2.30. The quantitative estimate of drug-likeness (QED) is 0.662. The van der Waals surface area contributed by atoms with E-state index in [0.29, 0.717) is 11.6 Å². The normalized spacial score (nSPS) is 16.6. The van der Waals surface area contributed by atoms with Crippen LogP contribution in [-0.4, -0.2) is 25.0 Å². The van der Waals surface area contributed by atoms with Crippen molar-refractivity contribution >= 4 is 30.0 Å². The number of primary amides is 1. The first-order valence-electron chi connectivity index (χ1n) is 7.15. The van der Waals surface area contributed by atoms with Crippen LogP contribution in [0, 0.1) is 11.8 Å². The number of carbonyl (C=O) groups excluding carboxylic acids is 2. The Morgan fingerprint density at radius 1 is 1.23 bits per heavy atom. The van der Waals surface area contributed by atoms with Crippen LogP contribution in [0.3, 0.4) is 0 Å². The number of hydrogen-bond donors (Lipinski definition) is 4. The van der Waals surface area contributed by atoms with E-state index in [1.165, 1.54) is 0 Å². The van der Waals surface area contributed by atoms with E-state index >= 15 is 0 Å². The minimum atomic E-state index is -0.591. The molecule has 1 aromatic carbocycles. The molecule has 7 heteroatoms. The molecule has 0 radical (unpaired) electrons. The molecule has 6 nitrogen and oxygen atoms in total. The van der Waals surface area contributed by atoms with Gasteiger partial charge in [0.1, 0.15) is 0 Å². The van der Waals surface area contributed by atoms with Gasteiger partial charge in [-0.2, -0.15) is 0 Å². The van der Waals surface area contributed by atoms with Crippen LogP contribution < -0.4 is 21.7 Å². The van der Waals surface area contributed by atoms with E-state index < -0.39 is 6.03 Å². The number of anilines is 1. The maximum atomic E-state index is 12.2. The molecule has 2 unspecified atom stereocenters. The first-order valence-corrected chi connectivity index (χ1v) is 7.15. The third-order valence-electron chi connectivity index (χ3n) is 3.97. The van der Waals surface area contributed by atoms with Crippen molar-refractivity contribution in [3.63, 3.8) is 0 Å². The lowest BCUT2D eigenvalue weighted by molar-refractivity contribution is -0.127. The summed E-state index contributed by atoms with van der Waals surface area (Å²) in [7, 11) is 0. The summed E-state index contributed by atoms with van der Waals surface area (Å²) in [6.07, 6.45) is 0. The van der Waals surface area contributed by atoms with E-state index in [4.69, 9.17) is 5.73 Å². The predicted molar refractivity (Wildman–Crippen MR) is 89.0 cm³/mol. The molecule has 5 N–H and O–H groups in total. The minimum Gasteiger partial charge on any atom is -0.351 e. The number of nitrogens with two attached hydrogens (primary N) is 1. The maximum Gasteiger partial charge on any atom is 0.316 e. The van der Waals surface area contributed by atoms with Gasteiger partial charge >= 0.3 is 6.03 Å². The number of amides is 3. The van der Waals surface area contributed by atoms with Crippen molar-refractivity contribution in [3.8, 4) is 0 Å². The smallest absolute Gasteiger partial charge is 0.316 e. The van der Waals surface area contributed by atoms with Crippen LogP contribution in [0.2, 0.25) is 0 Å². The largest absolute Gasteiger partial charge is 0.351 e. The standard InChI is InChI=1S/C15H22N4O2.ClH/c1-9(12-7-17-8-12)14(20)18-10(2)11-3-5-13(6-4-11)19-15(16)21;/h3-6,9-10,12,17H,7-8H2,1-2H3,(H,18,20)(H3,16,19,21);1H. The third-order valence-corrected chi connectivity index (χ3v) is 3.97. The molecule has 1 aliphatic rings. The molecule has 0 bridgehead atoms. The lowest BCUT2D eigenvalue weighted by Crippen LogP contribution is -2.49. The summed E-state index contributed by atoms with van der Waals surface area (Å²) >= 11 is 0. The van der Waals surface area contributed by atoms with Crippen LogP contribution in [0.25, 0.3) is 0 Å². The van der Waals surface area contributed by atoms with E-state index in [-0.39, 0.29) is 30.3 Å². The minimum absolute atomic E-state index is 0. The molecule has 1 aliphatic heterocycles. The number of carbonyl (C=O) groups is 2. The number of hydrogen-bond acceptors (Lipinski definition) is 3. The fourth-order valence-corrected chi connectivity index (χ4v) is 2.30. The molecular formula is C15H23ClN4O2. The molecule has 0 saturated carbocycles. The van der Waals surface area contributed by atoms with Crippen LogP contribution in [-0.2, 0) is 4.79 Å². The topological polar surface area (TPSA) is 96.2 Å². The predicted octanol–water partition coefficient (Wildman–Crippen LogP) is 1.63. The van der Waals surface area contributed by atoms with Gasteiger partial charge in [-0.25, -0.2) is 4.79 Å². The van der Waals surface area contributed by atoms with Crippen LogP contribution in [0.1, 0.15) is 25.5 Å². The Balaban J connectivity index is 0.00000242. The molecular weight excluding hydrogens is 304 g/mol. The average Bonchev–Trinajstić information content (AvgIpc) is 2.36. The Morgan fingerprint density at radius 2 is 1.82 bits per heavy atom. The number of rotatable bonds is 5. The van der Waals surface area contributed by atoms with Gasteiger partial charge in [0.2, 0.25) is 5.91 Å². The third kappa shape index (κ3) is 4.61. The highest BCUT2D eigenvalue weighted by Crippen LogP contribution is 2.19. The molecule has 1 fully saturated rings. The zero-order valence-electron chi connectivity index (χ0n) is 12.8. The number of urea groups is 1. The van der Waals surface area contributed by atoms with Gasteiger partial charge in [-0.1, -0.05) is 19.1 Å². The molecule has 2 rings (SSSR count). The van der Waals surface area contributed by atoms with Crippen molar-refractivity contribution in [2.45, 2.75) is 19.9 Å². The molecule has 0 aliphatic carbocycles. The zero-order chi connectivity index (χ0) is 15.4. The first-order chi connectivity index (χ1) is 9.97. The molecule has 0 spiro atoms. The second-order valence-electron chi connectivity index (χ2n) is 5.55. The molecule has 1 saturated heterocycles. The van der Waals surface area contributed by atoms with Gasteiger partial charge in [0.25, 0.3) is 0 Å². The molecule has 22 heavy (non-hydrogen) atoms. The van der Waals surface area contributed by atoms with Crippen LogP contribution in [0.15, 0.2) is 24.3 Å². The fraction of sp³-hybridized carbons (Fsp3) is 0.467. The highest BCUT2D eigenvalue weighted by molar-refractivity contribution is 5.87. The van der Waals surface area contributed by atoms with Gasteiger partial charge < -0.3 is 21.7 Å². The van der Waals surface area contributed by atoms with E-state index in [2.05, 4.69) is 16.0 Å². The first kappa shape index (κ1) is 18.3. The second kappa shape index (κ2) is 8.00. The van der Waals surface area contributed by atoms with E-state index in [1.54, 1.807) is 12.1 Å². The summed E-state index contributed by atoms with van der Waals surface area (Å²) in [5.74, 6) is 0.525. The molecule has 1 heterocycles. The Hall–Kier alpha value is -1.79. The molecule has 2 atom stereocenters. The van der Waals surface area contributed by atoms with Crippen molar-refractivity contribution in [2.24, 2.45) is 17.6 Å². The van der Waals surface area contributed by atoms with Gasteiger partial charge in [0, 0.05) is 11.6 Å². The van der Waals surface area contributed by atoms with Gasteiger partial charge in [-0.3, -0.25) is 4.79 Å². The molecule has 1 aromatic rings. The van der Waals surface area contributed by atoms with Crippen LogP contribution in [0.5, 0.6) is 0 Å². The van der Waals surface area contributed by atoms with Crippen molar-refractivity contribution in [2.75, 3.05) is 18.4 Å². The summed E-state index contributed by atoms with van der Waals surface area (Å²) in [4.78, 5) is 22.9. The Kier molecular flexibility index (Phi) is 6.64. The van der Waals surface area contributed by atoms with E-state index in [1.807, 2.05) is 26.0 Å². The number of benzene rings is 1. The zero-order valence-corrected chi connectivity index (χ0v) is 13.6. The van der Waals surface area contributed by atoms with Crippen molar-refractivity contribution in [1.29, 1.82) is 0 Å². The van der Waals surface area contributed by atoms with Gasteiger partial charge in [0.05, 0.1) is 6.04 Å². The molecule has 3 amide bonds. The second-order valence-corrected chi connectivity index (χ2v) is 5.55. The number of halogens is 1. The van der Waals surface area contributed by atoms with Crippen molar-refractivity contribution in [1.82, 2.24) is 10.6 Å². The number of nitrogens with one attached hydrogen (secondary N) is 3. The SMILES string of the molecule is CC(NC(=O)C(C)C1CNC1)c1ccc(NC(N)=O)cc1.Cl. The van der Waals surface area contributed by atoms with E-state index in [9.17, 15) is 9.59 Å². The Morgan fingerprint density at radius 3 is 2.27 bits per heavy atom. The molecule has 0 aromatic heterocycles. The van der Waals surface area contributed by atoms with Gasteiger partial charge in [0.15, 0.2) is 0 Å². The summed E-state index contributed by atoms with van der Waals surface area (Å²) in [6, 6.07) is 6.60. The highest BCUT2D eigenvalue weighted by atomic mass is 35.5. The highest BCUT2D eigenvalue weighted by Gasteiger charge is 2.29. The van der Waals surface area contributed by atoms with E-state index in [0.717, 1.165) is 18.7 Å². The summed E-state index contributed by atoms with van der Waals surface area (Å²) in [5.41, 5.74) is 6.68. The van der Waals surface area contributed by atoms with Gasteiger partial charge in [-0.05, 0) is 43.6 Å². The van der Waals surface area contributed by atoms with Crippen LogP contribution >= 0.6 is 12.4 Å². The average molecular weight is 327 g/mol. The summed E-state index contributed by atoms with van der Waals surface area (Å²) < 4.78 is 0. The monoisotopic (exact) mass is 326 g/mol.